The Morgan fingerprint density at radius 3 is 2.79 bits per heavy atom. The van der Waals surface area contributed by atoms with Gasteiger partial charge in [-0.15, -0.1) is 0 Å². The van der Waals surface area contributed by atoms with Crippen molar-refractivity contribution < 1.29 is 9.53 Å². The number of piperidine rings is 1. The molecule has 7 nitrogen and oxygen atoms in total. The van der Waals surface area contributed by atoms with Crippen LogP contribution in [0.25, 0.3) is 11.1 Å². The summed E-state index contributed by atoms with van der Waals surface area (Å²) in [6.07, 6.45) is 6.16. The first kappa shape index (κ1) is 23.0. The maximum absolute atomic E-state index is 13.3. The van der Waals surface area contributed by atoms with Gasteiger partial charge in [0.1, 0.15) is 0 Å². The van der Waals surface area contributed by atoms with E-state index in [9.17, 15) is 4.79 Å². The number of rotatable bonds is 7. The van der Waals surface area contributed by atoms with Gasteiger partial charge < -0.3 is 10.1 Å². The number of aromatic nitrogens is 3. The number of carbonyl (C=O) groups excluding carboxylic acids is 1. The highest BCUT2D eigenvalue weighted by molar-refractivity contribution is 5.83. The molecule has 3 aromatic rings. The minimum atomic E-state index is -0.505. The molecule has 174 valence electrons. The largest absolute Gasteiger partial charge is 0.481 e. The molecule has 7 heteroatoms. The summed E-state index contributed by atoms with van der Waals surface area (Å²) >= 11 is 0. The van der Waals surface area contributed by atoms with Gasteiger partial charge in [-0.2, -0.15) is 5.10 Å². The van der Waals surface area contributed by atoms with Crippen LogP contribution in [0.2, 0.25) is 0 Å². The Bertz CT molecular complexity index is 1110. The fourth-order valence-corrected chi connectivity index (χ4v) is 5.22. The molecule has 1 fully saturated rings. The number of aryl methyl sites for hydroxylation is 2. The molecule has 33 heavy (non-hydrogen) atoms. The molecular formula is C26H33N5O2. The number of hydrogen-bond acceptors (Lipinski definition) is 5. The van der Waals surface area contributed by atoms with Crippen LogP contribution >= 0.6 is 0 Å². The Kier molecular flexibility index (Phi) is 6.79. The van der Waals surface area contributed by atoms with Gasteiger partial charge >= 0.3 is 0 Å². The summed E-state index contributed by atoms with van der Waals surface area (Å²) in [6.45, 7) is 4.36. The van der Waals surface area contributed by atoms with Crippen LogP contribution in [0, 0.1) is 12.3 Å². The van der Waals surface area contributed by atoms with Crippen LogP contribution in [-0.4, -0.2) is 52.8 Å². The van der Waals surface area contributed by atoms with Crippen molar-refractivity contribution in [3.05, 3.63) is 65.6 Å². The average molecular weight is 448 g/mol. The van der Waals surface area contributed by atoms with Gasteiger partial charge in [-0.05, 0) is 49.9 Å². The fraction of sp³-hybridized carbons (Fsp3) is 0.423. The van der Waals surface area contributed by atoms with Gasteiger partial charge in [-0.25, -0.2) is 4.68 Å². The van der Waals surface area contributed by atoms with Crippen molar-refractivity contribution in [1.29, 1.82) is 0 Å². The van der Waals surface area contributed by atoms with E-state index in [-0.39, 0.29) is 5.91 Å². The normalized spacial score (nSPS) is 18.8. The van der Waals surface area contributed by atoms with Gasteiger partial charge in [-0.1, -0.05) is 30.3 Å². The van der Waals surface area contributed by atoms with Crippen molar-refractivity contribution >= 4 is 5.91 Å². The van der Waals surface area contributed by atoms with E-state index in [0.29, 0.717) is 19.5 Å². The Morgan fingerprint density at radius 2 is 2.06 bits per heavy atom. The molecule has 1 N–H and O–H groups in total. The summed E-state index contributed by atoms with van der Waals surface area (Å²) in [5, 5.41) is 7.49. The molecule has 2 aromatic heterocycles. The second kappa shape index (κ2) is 9.75. The maximum Gasteiger partial charge on any atom is 0.227 e. The quantitative estimate of drug-likeness (QED) is 0.601. The van der Waals surface area contributed by atoms with Crippen LogP contribution in [0.1, 0.15) is 29.7 Å². The monoisotopic (exact) mass is 447 g/mol. The van der Waals surface area contributed by atoms with Crippen molar-refractivity contribution in [2.45, 2.75) is 32.7 Å². The summed E-state index contributed by atoms with van der Waals surface area (Å²) in [4.78, 5) is 20.0. The molecule has 1 aliphatic heterocycles. The number of amides is 1. The molecule has 0 bridgehead atoms. The van der Waals surface area contributed by atoms with Crippen molar-refractivity contribution in [1.82, 2.24) is 25.0 Å². The molecule has 1 aliphatic rings. The summed E-state index contributed by atoms with van der Waals surface area (Å²) in [5.41, 5.74) is 4.93. The third-order valence-electron chi connectivity index (χ3n) is 6.75. The number of ether oxygens (including phenoxy) is 1. The van der Waals surface area contributed by atoms with Crippen LogP contribution in [0.5, 0.6) is 5.88 Å². The van der Waals surface area contributed by atoms with Gasteiger partial charge in [0.2, 0.25) is 11.8 Å². The summed E-state index contributed by atoms with van der Waals surface area (Å²) in [7, 11) is 5.32. The molecule has 0 unspecified atom stereocenters. The number of carbonyl (C=O) groups is 1. The van der Waals surface area contributed by atoms with E-state index in [1.165, 1.54) is 5.56 Å². The average Bonchev–Trinajstić information content (AvgIpc) is 3.11. The maximum atomic E-state index is 13.3. The molecule has 0 radical (unpaired) electrons. The van der Waals surface area contributed by atoms with Crippen molar-refractivity contribution in [3.8, 4) is 17.0 Å². The number of nitrogens with zero attached hydrogens (tertiary/aromatic N) is 4. The van der Waals surface area contributed by atoms with Crippen molar-refractivity contribution in [2.24, 2.45) is 12.5 Å². The summed E-state index contributed by atoms with van der Waals surface area (Å²) in [5.74, 6) is 0.883. The molecular weight excluding hydrogens is 414 g/mol. The standard InChI is InChI=1S/C26H33N5O2/c1-19-23(24(33-4)30(3)29-19)17-31-14-8-12-26(18-31,25(32)27-2)15-20-9-5-6-11-22(20)21-10-7-13-28-16-21/h5-7,9-11,13,16H,8,12,14-15,17-18H2,1-4H3,(H,27,32)/t26-/m0/s1. The molecule has 4 rings (SSSR count). The van der Waals surface area contributed by atoms with Crippen LogP contribution in [0.3, 0.4) is 0 Å². The lowest BCUT2D eigenvalue weighted by Gasteiger charge is -2.42. The number of methoxy groups -OCH3 is 1. The molecule has 1 amide bonds. The van der Waals surface area contributed by atoms with Crippen molar-refractivity contribution in [2.75, 3.05) is 27.2 Å². The summed E-state index contributed by atoms with van der Waals surface area (Å²) in [6, 6.07) is 12.4. The second-order valence-electron chi connectivity index (χ2n) is 8.95. The Morgan fingerprint density at radius 1 is 1.24 bits per heavy atom. The Hall–Kier alpha value is -3.19. The number of hydrogen-bond donors (Lipinski definition) is 1. The zero-order valence-corrected chi connectivity index (χ0v) is 20.0. The molecule has 1 aromatic carbocycles. The molecule has 0 spiro atoms. The highest BCUT2D eigenvalue weighted by Crippen LogP contribution is 2.38. The second-order valence-corrected chi connectivity index (χ2v) is 8.95. The number of likely N-dealkylation sites (tertiary alicyclic amines) is 1. The minimum absolute atomic E-state index is 0.100. The van der Waals surface area contributed by atoms with Gasteiger partial charge in [0.25, 0.3) is 0 Å². The van der Waals surface area contributed by atoms with E-state index in [4.69, 9.17) is 4.74 Å². The molecule has 3 heterocycles. The smallest absolute Gasteiger partial charge is 0.227 e. The first-order valence-electron chi connectivity index (χ1n) is 11.5. The third kappa shape index (κ3) is 4.64. The number of benzene rings is 1. The lowest BCUT2D eigenvalue weighted by Crippen LogP contribution is -2.52. The van der Waals surface area contributed by atoms with E-state index >= 15 is 0 Å². The van der Waals surface area contributed by atoms with E-state index < -0.39 is 5.41 Å². The predicted molar refractivity (Wildman–Crippen MR) is 129 cm³/mol. The SMILES string of the molecule is CNC(=O)[C@]1(Cc2ccccc2-c2cccnc2)CCCN(Cc2c(C)nn(C)c2OC)C1. The van der Waals surface area contributed by atoms with E-state index in [0.717, 1.165) is 47.7 Å². The van der Waals surface area contributed by atoms with Crippen LogP contribution in [0.4, 0.5) is 0 Å². The zero-order valence-electron chi connectivity index (χ0n) is 20.0. The number of nitrogens with one attached hydrogen (secondary N) is 1. The van der Waals surface area contributed by atoms with Crippen LogP contribution in [0.15, 0.2) is 48.8 Å². The Balaban J connectivity index is 1.65. The zero-order chi connectivity index (χ0) is 23.4. The predicted octanol–water partition coefficient (Wildman–Crippen LogP) is 3.37. The van der Waals surface area contributed by atoms with Gasteiger partial charge in [0.05, 0.1) is 23.8 Å². The highest BCUT2D eigenvalue weighted by Gasteiger charge is 2.42. The topological polar surface area (TPSA) is 72.3 Å². The van der Waals surface area contributed by atoms with Gasteiger partial charge in [0, 0.05) is 45.1 Å². The van der Waals surface area contributed by atoms with E-state index in [1.54, 1.807) is 25.0 Å². The minimum Gasteiger partial charge on any atom is -0.481 e. The van der Waals surface area contributed by atoms with Crippen LogP contribution in [-0.2, 0) is 24.8 Å². The van der Waals surface area contributed by atoms with E-state index in [1.807, 2.05) is 32.3 Å². The first-order valence-corrected chi connectivity index (χ1v) is 11.5. The first-order chi connectivity index (χ1) is 16.0. The van der Waals surface area contributed by atoms with Crippen LogP contribution < -0.4 is 10.1 Å². The lowest BCUT2D eigenvalue weighted by molar-refractivity contribution is -0.134. The van der Waals surface area contributed by atoms with Crippen molar-refractivity contribution in [3.63, 3.8) is 0 Å². The molecule has 0 aliphatic carbocycles. The molecule has 0 saturated carbocycles. The third-order valence-corrected chi connectivity index (χ3v) is 6.75. The Labute approximate surface area is 195 Å². The molecule has 1 atom stereocenters. The fourth-order valence-electron chi connectivity index (χ4n) is 5.22. The van der Waals surface area contributed by atoms with E-state index in [2.05, 4.69) is 44.6 Å². The highest BCUT2D eigenvalue weighted by atomic mass is 16.5. The van der Waals surface area contributed by atoms with Gasteiger partial charge in [0.15, 0.2) is 0 Å². The summed E-state index contributed by atoms with van der Waals surface area (Å²) < 4.78 is 7.39. The van der Waals surface area contributed by atoms with Gasteiger partial charge in [-0.3, -0.25) is 14.7 Å². The number of pyridine rings is 1. The molecule has 1 saturated heterocycles. The lowest BCUT2D eigenvalue weighted by atomic mass is 9.73.